The Morgan fingerprint density at radius 3 is 2.28 bits per heavy atom. The van der Waals surface area contributed by atoms with Crippen molar-refractivity contribution in [1.29, 1.82) is 0 Å². The summed E-state index contributed by atoms with van der Waals surface area (Å²) < 4.78 is 0. The molecule has 0 unspecified atom stereocenters. The molecule has 0 saturated carbocycles. The maximum atomic E-state index is 12.6. The van der Waals surface area contributed by atoms with Gasteiger partial charge < -0.3 is 25.3 Å². The van der Waals surface area contributed by atoms with Crippen LogP contribution in [0, 0.1) is 0 Å². The monoisotopic (exact) mass is 531 g/mol. The van der Waals surface area contributed by atoms with Crippen LogP contribution < -0.4 is 10.2 Å². The quantitative estimate of drug-likeness (QED) is 0.456. The highest BCUT2D eigenvalue weighted by Gasteiger charge is 2.34. The van der Waals surface area contributed by atoms with Gasteiger partial charge in [0.1, 0.15) is 0 Å². The molecule has 2 amide bonds. The molecule has 36 heavy (non-hydrogen) atoms. The molecule has 1 heterocycles. The van der Waals surface area contributed by atoms with Crippen molar-refractivity contribution in [2.75, 3.05) is 37.6 Å². The lowest BCUT2D eigenvalue weighted by Gasteiger charge is -2.37. The standard InChI is InChI=1S/C25H28ClN3O4S.C2H6/c1-18(34-16-11-19-7-3-2-4-8-19)17-27-24(32)22(30)23(31)25(33)29-14-12-28(13-15-29)21-10-6-5-9-20(21)26;1-2/h2-11,16,22-23,30-31H,1,12-15,17H2,(H,27,32);1-2H3/b16-11+;/t22-,23-;/m1./s1. The van der Waals surface area contributed by atoms with Gasteiger partial charge >= 0.3 is 0 Å². The molecule has 0 aromatic heterocycles. The molecule has 194 valence electrons. The van der Waals surface area contributed by atoms with Gasteiger partial charge in [-0.25, -0.2) is 0 Å². The molecule has 9 heteroatoms. The van der Waals surface area contributed by atoms with E-state index >= 15 is 0 Å². The van der Waals surface area contributed by atoms with Crippen molar-refractivity contribution in [3.05, 3.63) is 82.1 Å². The van der Waals surface area contributed by atoms with Gasteiger partial charge in [0.25, 0.3) is 11.8 Å². The van der Waals surface area contributed by atoms with E-state index in [9.17, 15) is 19.8 Å². The first-order chi connectivity index (χ1) is 17.4. The summed E-state index contributed by atoms with van der Waals surface area (Å²) in [5.41, 5.74) is 1.92. The van der Waals surface area contributed by atoms with E-state index in [4.69, 9.17) is 11.6 Å². The number of para-hydroxylation sites is 1. The van der Waals surface area contributed by atoms with E-state index < -0.39 is 24.0 Å². The summed E-state index contributed by atoms with van der Waals surface area (Å²) in [6.45, 7) is 9.71. The highest BCUT2D eigenvalue weighted by atomic mass is 35.5. The van der Waals surface area contributed by atoms with Gasteiger partial charge in [0.2, 0.25) is 0 Å². The Morgan fingerprint density at radius 1 is 1.03 bits per heavy atom. The van der Waals surface area contributed by atoms with Crippen LogP contribution in [0.25, 0.3) is 6.08 Å². The first-order valence-corrected chi connectivity index (χ1v) is 13.1. The third-order valence-electron chi connectivity index (χ3n) is 5.36. The second-order valence-electron chi connectivity index (χ2n) is 7.74. The van der Waals surface area contributed by atoms with Gasteiger partial charge in [0, 0.05) is 37.6 Å². The topological polar surface area (TPSA) is 93.1 Å². The number of benzene rings is 2. The third-order valence-corrected chi connectivity index (χ3v) is 6.43. The fourth-order valence-electron chi connectivity index (χ4n) is 3.45. The summed E-state index contributed by atoms with van der Waals surface area (Å²) in [6, 6.07) is 17.2. The Labute approximate surface area is 222 Å². The number of carbonyl (C=O) groups excluding carboxylic acids is 2. The van der Waals surface area contributed by atoms with E-state index in [0.29, 0.717) is 36.1 Å². The number of amides is 2. The van der Waals surface area contributed by atoms with E-state index in [0.717, 1.165) is 11.3 Å². The Morgan fingerprint density at radius 2 is 1.64 bits per heavy atom. The van der Waals surface area contributed by atoms with Gasteiger partial charge in [-0.3, -0.25) is 9.59 Å². The smallest absolute Gasteiger partial charge is 0.254 e. The van der Waals surface area contributed by atoms with Crippen LogP contribution >= 0.6 is 23.4 Å². The average molecular weight is 532 g/mol. The van der Waals surface area contributed by atoms with E-state index in [1.165, 1.54) is 16.7 Å². The van der Waals surface area contributed by atoms with Crippen LogP contribution in [-0.4, -0.2) is 71.9 Å². The molecule has 3 rings (SSSR count). The number of aliphatic hydroxyl groups is 2. The maximum Gasteiger partial charge on any atom is 0.254 e. The van der Waals surface area contributed by atoms with Gasteiger partial charge in [0.05, 0.1) is 10.7 Å². The highest BCUT2D eigenvalue weighted by Crippen LogP contribution is 2.26. The minimum Gasteiger partial charge on any atom is -0.380 e. The highest BCUT2D eigenvalue weighted by molar-refractivity contribution is 8.05. The summed E-state index contributed by atoms with van der Waals surface area (Å²) in [5.74, 6) is -1.51. The molecule has 0 radical (unpaired) electrons. The van der Waals surface area contributed by atoms with Crippen LogP contribution in [0.1, 0.15) is 19.4 Å². The van der Waals surface area contributed by atoms with E-state index in [2.05, 4.69) is 16.8 Å². The molecule has 1 aliphatic rings. The van der Waals surface area contributed by atoms with E-state index in [1.807, 2.05) is 73.9 Å². The number of thioether (sulfide) groups is 1. The van der Waals surface area contributed by atoms with Gasteiger partial charge in [0.15, 0.2) is 12.2 Å². The maximum absolute atomic E-state index is 12.6. The number of anilines is 1. The number of nitrogens with one attached hydrogen (secondary N) is 1. The van der Waals surface area contributed by atoms with Crippen molar-refractivity contribution in [3.63, 3.8) is 0 Å². The summed E-state index contributed by atoms with van der Waals surface area (Å²) >= 11 is 7.58. The lowest BCUT2D eigenvalue weighted by molar-refractivity contribution is -0.153. The Balaban J connectivity index is 0.00000222. The number of hydrogen-bond acceptors (Lipinski definition) is 6. The van der Waals surface area contributed by atoms with E-state index in [1.54, 1.807) is 6.07 Å². The van der Waals surface area contributed by atoms with Gasteiger partial charge in [-0.05, 0) is 29.2 Å². The SMILES string of the molecule is C=C(CNC(=O)[C@H](O)[C@@H](O)C(=O)N1CCN(c2ccccc2Cl)CC1)S/C=C/c1ccccc1.CC. The zero-order chi connectivity index (χ0) is 26.5. The minimum atomic E-state index is -1.87. The van der Waals surface area contributed by atoms with Gasteiger partial charge in [-0.1, -0.05) is 74.5 Å². The van der Waals surface area contributed by atoms with Crippen LogP contribution in [-0.2, 0) is 9.59 Å². The number of aliphatic hydroxyl groups excluding tert-OH is 2. The van der Waals surface area contributed by atoms with Gasteiger partial charge in [-0.2, -0.15) is 0 Å². The molecule has 2 atom stereocenters. The van der Waals surface area contributed by atoms with Crippen molar-refractivity contribution in [2.45, 2.75) is 26.1 Å². The van der Waals surface area contributed by atoms with Crippen LogP contribution in [0.3, 0.4) is 0 Å². The van der Waals surface area contributed by atoms with Crippen LogP contribution in [0.5, 0.6) is 0 Å². The van der Waals surface area contributed by atoms with Crippen LogP contribution in [0.4, 0.5) is 5.69 Å². The van der Waals surface area contributed by atoms with Gasteiger partial charge in [-0.15, -0.1) is 11.8 Å². The molecule has 7 nitrogen and oxygen atoms in total. The first-order valence-electron chi connectivity index (χ1n) is 11.8. The second kappa shape index (κ2) is 15.4. The van der Waals surface area contributed by atoms with Crippen molar-refractivity contribution in [2.24, 2.45) is 0 Å². The molecule has 2 aromatic carbocycles. The predicted octanol–water partition coefficient (Wildman–Crippen LogP) is 3.77. The van der Waals surface area contributed by atoms with Crippen LogP contribution in [0.2, 0.25) is 5.02 Å². The molecule has 0 bridgehead atoms. The number of nitrogens with zero attached hydrogens (tertiary/aromatic N) is 2. The van der Waals surface area contributed by atoms with Crippen molar-refractivity contribution < 1.29 is 19.8 Å². The number of carbonyl (C=O) groups is 2. The fraction of sp³-hybridized carbons (Fsp3) is 0.333. The molecule has 2 aromatic rings. The number of hydrogen-bond donors (Lipinski definition) is 3. The lowest BCUT2D eigenvalue weighted by Crippen LogP contribution is -2.55. The first kappa shape index (κ1) is 29.5. The predicted molar refractivity (Wildman–Crippen MR) is 149 cm³/mol. The number of rotatable bonds is 9. The summed E-state index contributed by atoms with van der Waals surface area (Å²) in [6.07, 6.45) is -1.79. The molecule has 0 spiro atoms. The molecule has 1 fully saturated rings. The normalized spacial score (nSPS) is 15.0. The number of halogens is 1. The summed E-state index contributed by atoms with van der Waals surface area (Å²) in [5, 5.41) is 25.5. The van der Waals surface area contributed by atoms with Crippen molar-refractivity contribution in [3.8, 4) is 0 Å². The Hall–Kier alpha value is -2.78. The Bertz CT molecular complexity index is 1030. The third kappa shape index (κ3) is 8.71. The second-order valence-corrected chi connectivity index (χ2v) is 9.23. The molecule has 0 aliphatic carbocycles. The summed E-state index contributed by atoms with van der Waals surface area (Å²) in [4.78, 5) is 29.0. The fourth-order valence-corrected chi connectivity index (χ4v) is 4.27. The molecule has 1 saturated heterocycles. The molecular formula is C27H34ClN3O4S. The Kier molecular flexibility index (Phi) is 12.6. The lowest BCUT2D eigenvalue weighted by atomic mass is 10.1. The van der Waals surface area contributed by atoms with E-state index in [-0.39, 0.29) is 6.54 Å². The van der Waals surface area contributed by atoms with Crippen molar-refractivity contribution >= 4 is 46.9 Å². The molecular weight excluding hydrogens is 498 g/mol. The molecule has 1 aliphatic heterocycles. The average Bonchev–Trinajstić information content (AvgIpc) is 2.92. The van der Waals surface area contributed by atoms with Crippen LogP contribution in [0.15, 0.2) is 71.5 Å². The largest absolute Gasteiger partial charge is 0.380 e. The zero-order valence-electron chi connectivity index (χ0n) is 20.6. The zero-order valence-corrected chi connectivity index (χ0v) is 22.2. The molecule has 3 N–H and O–H groups in total. The van der Waals surface area contributed by atoms with Crippen molar-refractivity contribution in [1.82, 2.24) is 10.2 Å². The minimum absolute atomic E-state index is 0.0944. The number of piperazine rings is 1. The summed E-state index contributed by atoms with van der Waals surface area (Å²) in [7, 11) is 0.